The number of cyclic esters (lactones) is 1. The number of benzene rings is 1. The first-order chi connectivity index (χ1) is 25.8. The Hall–Kier alpha value is -3.93. The summed E-state index contributed by atoms with van der Waals surface area (Å²) in [5, 5.41) is 26.5. The molecular formula is C38H47N3O13. The predicted molar refractivity (Wildman–Crippen MR) is 183 cm³/mol. The molecule has 0 aromatic heterocycles. The van der Waals surface area contributed by atoms with Crippen molar-refractivity contribution in [3.05, 3.63) is 41.5 Å². The molecule has 292 valence electrons. The predicted octanol–water partition coefficient (Wildman–Crippen LogP) is 0.269. The van der Waals surface area contributed by atoms with Crippen LogP contribution in [0.15, 0.2) is 30.3 Å². The second-order valence-corrected chi connectivity index (χ2v) is 16.4. The molecule has 0 spiro atoms. The Balaban J connectivity index is 1.08. The van der Waals surface area contributed by atoms with Crippen molar-refractivity contribution in [2.24, 2.45) is 22.7 Å². The Kier molecular flexibility index (Phi) is 9.37. The smallest absolute Gasteiger partial charge is 0.348 e. The molecule has 16 heteroatoms. The summed E-state index contributed by atoms with van der Waals surface area (Å²) in [6.45, 7) is 4.68. The van der Waals surface area contributed by atoms with Crippen LogP contribution in [-0.4, -0.2) is 119 Å². The molecule has 4 heterocycles. The van der Waals surface area contributed by atoms with E-state index in [9.17, 15) is 34.2 Å². The van der Waals surface area contributed by atoms with Crippen LogP contribution in [0.1, 0.15) is 64.0 Å². The van der Waals surface area contributed by atoms with E-state index in [1.165, 1.54) is 18.1 Å². The Morgan fingerprint density at radius 2 is 1.80 bits per heavy atom. The average molecular weight is 754 g/mol. The molecule has 3 aliphatic carbocycles. The fraction of sp³-hybridized carbons (Fsp3) is 0.658. The standard InChI is InChI=1S/C38H47N3O13/c1-19(43)26(32(45)39-13-14-42)40-35(48)37-16-24-27-28(53-38(52-27,22-8-9-22)23-10-11-23)30(37)54-41(29(37)33(46)50-24)17-21-6-4-5-20(15-21)7-12-25(44)51-31-34(47)49-18-36(31,2)3/h4-7,12,15,19,22-24,26-31,42-43H,8-11,13-14,16-18H2,1-3H3,(H,39,45)(H,40,48)/t19-,24+,26+,27-,28-,29-,30+,31-,37-/m0/s1. The topological polar surface area (TPSA) is 208 Å². The van der Waals surface area contributed by atoms with E-state index in [0.717, 1.165) is 25.7 Å². The number of amides is 2. The molecule has 9 atom stereocenters. The Morgan fingerprint density at radius 3 is 2.44 bits per heavy atom. The summed E-state index contributed by atoms with van der Waals surface area (Å²) in [7, 11) is 0. The van der Waals surface area contributed by atoms with E-state index >= 15 is 0 Å². The lowest BCUT2D eigenvalue weighted by Gasteiger charge is -2.49. The number of hydroxylamine groups is 2. The van der Waals surface area contributed by atoms with E-state index in [2.05, 4.69) is 10.6 Å². The van der Waals surface area contributed by atoms with Gasteiger partial charge in [-0.1, -0.05) is 38.1 Å². The molecule has 2 amide bonds. The largest absolute Gasteiger partial charge is 0.462 e. The molecule has 3 saturated carbocycles. The molecular weight excluding hydrogens is 706 g/mol. The Morgan fingerprint density at radius 1 is 1.07 bits per heavy atom. The molecule has 2 bridgehead atoms. The van der Waals surface area contributed by atoms with E-state index in [1.807, 2.05) is 0 Å². The zero-order chi connectivity index (χ0) is 38.2. The summed E-state index contributed by atoms with van der Waals surface area (Å²) in [4.78, 5) is 73.3. The number of aliphatic hydroxyl groups is 2. The van der Waals surface area contributed by atoms with E-state index < -0.39 is 95.0 Å². The highest BCUT2D eigenvalue weighted by Crippen LogP contribution is 2.63. The summed E-state index contributed by atoms with van der Waals surface area (Å²) < 4.78 is 30.2. The fourth-order valence-corrected chi connectivity index (χ4v) is 8.87. The molecule has 8 rings (SSSR count). The maximum absolute atomic E-state index is 14.7. The number of ether oxygens (including phenoxy) is 5. The quantitative estimate of drug-likeness (QED) is 0.121. The number of hydrogen-bond acceptors (Lipinski definition) is 14. The van der Waals surface area contributed by atoms with Gasteiger partial charge in [0.05, 0.1) is 19.3 Å². The molecule has 54 heavy (non-hydrogen) atoms. The van der Waals surface area contributed by atoms with Gasteiger partial charge in [-0.3, -0.25) is 19.2 Å². The second-order valence-electron chi connectivity index (χ2n) is 16.4. The van der Waals surface area contributed by atoms with Crippen molar-refractivity contribution in [3.63, 3.8) is 0 Å². The number of aliphatic hydroxyl groups excluding tert-OH is 2. The van der Waals surface area contributed by atoms with Gasteiger partial charge in [-0.2, -0.15) is 5.06 Å². The molecule has 0 unspecified atom stereocenters. The minimum Gasteiger partial charge on any atom is -0.462 e. The number of hydrogen-bond donors (Lipinski definition) is 4. The number of fused-ring (bicyclic) bond motifs is 4. The first kappa shape index (κ1) is 37.0. The molecule has 7 fully saturated rings. The highest BCUT2D eigenvalue weighted by molar-refractivity contribution is 5.96. The van der Waals surface area contributed by atoms with Gasteiger partial charge in [0.2, 0.25) is 17.9 Å². The maximum Gasteiger partial charge on any atom is 0.348 e. The number of nitrogens with one attached hydrogen (secondary N) is 2. The van der Waals surface area contributed by atoms with E-state index in [4.69, 9.17) is 28.5 Å². The molecule has 0 radical (unpaired) electrons. The second kappa shape index (κ2) is 13.7. The van der Waals surface area contributed by atoms with Crippen LogP contribution < -0.4 is 10.6 Å². The molecule has 4 N–H and O–H groups in total. The third kappa shape index (κ3) is 6.30. The van der Waals surface area contributed by atoms with Crippen molar-refractivity contribution in [1.29, 1.82) is 0 Å². The van der Waals surface area contributed by atoms with Gasteiger partial charge in [0, 0.05) is 36.3 Å². The van der Waals surface area contributed by atoms with Crippen molar-refractivity contribution in [3.8, 4) is 0 Å². The van der Waals surface area contributed by atoms with E-state index in [1.54, 1.807) is 44.2 Å². The van der Waals surface area contributed by atoms with Crippen LogP contribution >= 0.6 is 0 Å². The summed E-state index contributed by atoms with van der Waals surface area (Å²) >= 11 is 0. The van der Waals surface area contributed by atoms with Crippen molar-refractivity contribution in [2.75, 3.05) is 19.8 Å². The van der Waals surface area contributed by atoms with E-state index in [0.29, 0.717) is 11.1 Å². The van der Waals surface area contributed by atoms with Crippen LogP contribution in [0, 0.1) is 22.7 Å². The summed E-state index contributed by atoms with van der Waals surface area (Å²) in [5.41, 5.74) is -0.952. The molecule has 4 saturated heterocycles. The first-order valence-electron chi connectivity index (χ1n) is 18.8. The van der Waals surface area contributed by atoms with Crippen LogP contribution in [0.4, 0.5) is 0 Å². The highest BCUT2D eigenvalue weighted by atomic mass is 16.8. The summed E-state index contributed by atoms with van der Waals surface area (Å²) in [6.07, 6.45) is 0.976. The average Bonchev–Trinajstić information content (AvgIpc) is 4.08. The molecule has 7 aliphatic rings. The van der Waals surface area contributed by atoms with Crippen molar-refractivity contribution < 1.29 is 62.7 Å². The van der Waals surface area contributed by atoms with Gasteiger partial charge in [0.15, 0.2) is 11.8 Å². The van der Waals surface area contributed by atoms with Gasteiger partial charge in [0.25, 0.3) is 0 Å². The van der Waals surface area contributed by atoms with Crippen molar-refractivity contribution in [2.45, 2.75) is 114 Å². The minimum atomic E-state index is -1.59. The van der Waals surface area contributed by atoms with Gasteiger partial charge in [-0.25, -0.2) is 9.59 Å². The zero-order valence-corrected chi connectivity index (χ0v) is 30.4. The lowest BCUT2D eigenvalue weighted by molar-refractivity contribution is -0.235. The number of rotatable bonds is 13. The van der Waals surface area contributed by atoms with Gasteiger partial charge in [0.1, 0.15) is 42.5 Å². The van der Waals surface area contributed by atoms with Crippen LogP contribution in [0.5, 0.6) is 0 Å². The van der Waals surface area contributed by atoms with Gasteiger partial charge in [-0.15, -0.1) is 0 Å². The zero-order valence-electron chi connectivity index (χ0n) is 30.4. The van der Waals surface area contributed by atoms with Gasteiger partial charge >= 0.3 is 17.9 Å². The normalized spacial score (nSPS) is 34.5. The maximum atomic E-state index is 14.7. The number of nitrogens with zero attached hydrogens (tertiary/aromatic N) is 1. The lowest BCUT2D eigenvalue weighted by Crippen LogP contribution is -2.71. The fourth-order valence-electron chi connectivity index (χ4n) is 8.87. The molecule has 1 aromatic carbocycles. The number of esters is 3. The van der Waals surface area contributed by atoms with Gasteiger partial charge < -0.3 is 44.5 Å². The molecule has 16 nitrogen and oxygen atoms in total. The van der Waals surface area contributed by atoms with Crippen LogP contribution in [0.25, 0.3) is 6.08 Å². The highest BCUT2D eigenvalue weighted by Gasteiger charge is 2.78. The van der Waals surface area contributed by atoms with Crippen LogP contribution in [0.2, 0.25) is 0 Å². The van der Waals surface area contributed by atoms with Crippen LogP contribution in [-0.2, 0) is 59.0 Å². The Bertz CT molecular complexity index is 1730. The van der Waals surface area contributed by atoms with Gasteiger partial charge in [-0.05, 0) is 49.8 Å². The summed E-state index contributed by atoms with van der Waals surface area (Å²) in [6, 6.07) is 4.48. The molecule has 4 aliphatic heterocycles. The van der Waals surface area contributed by atoms with Crippen molar-refractivity contribution in [1.82, 2.24) is 15.7 Å². The van der Waals surface area contributed by atoms with Crippen LogP contribution in [0.3, 0.4) is 0 Å². The SMILES string of the molecule is C[C@H](O)[C@@H](NC(=O)[C@@]12C[C@H]3OC(=O)[C@@H]1N(Cc1cccc(C=CC(=O)O[C@H]4C(=O)OCC4(C)C)c1)O[C@@H]2[C@H]1OC(C2CC2)(C2CC2)O[C@H]13)C(=O)NCCO. The van der Waals surface area contributed by atoms with Crippen molar-refractivity contribution >= 4 is 35.8 Å². The third-order valence-electron chi connectivity index (χ3n) is 11.8. The lowest BCUT2D eigenvalue weighted by atomic mass is 9.62. The summed E-state index contributed by atoms with van der Waals surface area (Å²) in [5.74, 6) is -3.84. The van der Waals surface area contributed by atoms with E-state index in [-0.39, 0.29) is 44.6 Å². The number of carbonyl (C=O) groups excluding carboxylic acids is 5. The molecule has 1 aromatic rings. The monoisotopic (exact) mass is 753 g/mol. The number of carbonyl (C=O) groups is 5. The Labute approximate surface area is 311 Å². The third-order valence-corrected chi connectivity index (χ3v) is 11.8. The minimum absolute atomic E-state index is 0.0235. The first-order valence-corrected chi connectivity index (χ1v) is 18.8.